The zero-order chi connectivity index (χ0) is 33.0. The molecule has 7 aromatic rings. The molecule has 2 N–H and O–H groups in total. The minimum absolute atomic E-state index is 0.184. The quantitative estimate of drug-likeness (QED) is 0.162. The van der Waals surface area contributed by atoms with Gasteiger partial charge in [-0.25, -0.2) is 9.97 Å². The van der Waals surface area contributed by atoms with Gasteiger partial charge in [0.15, 0.2) is 0 Å². The first-order valence-corrected chi connectivity index (χ1v) is 17.0. The van der Waals surface area contributed by atoms with Crippen molar-refractivity contribution < 1.29 is 9.59 Å². The van der Waals surface area contributed by atoms with Crippen molar-refractivity contribution in [2.24, 2.45) is 0 Å². The van der Waals surface area contributed by atoms with Gasteiger partial charge in [0.1, 0.15) is 0 Å². The summed E-state index contributed by atoms with van der Waals surface area (Å²) >= 11 is 6.97. The van der Waals surface area contributed by atoms with Gasteiger partial charge in [-0.3, -0.25) is 9.59 Å². The number of aromatic nitrogens is 2. The van der Waals surface area contributed by atoms with Gasteiger partial charge in [0.05, 0.1) is 33.5 Å². The number of nitrogens with zero attached hydrogens (tertiary/aromatic N) is 2. The van der Waals surface area contributed by atoms with Crippen LogP contribution in [0.2, 0.25) is 0 Å². The molecule has 0 spiro atoms. The van der Waals surface area contributed by atoms with E-state index in [0.717, 1.165) is 64.4 Å². The van der Waals surface area contributed by atoms with Gasteiger partial charge in [-0.15, -0.1) is 0 Å². The molecule has 6 nitrogen and oxygen atoms in total. The van der Waals surface area contributed by atoms with Crippen LogP contribution in [0, 0.1) is 0 Å². The van der Waals surface area contributed by atoms with E-state index in [9.17, 15) is 9.59 Å². The number of hydrogen-bond acceptors (Lipinski definition) is 4. The molecule has 0 unspecified atom stereocenters. The van der Waals surface area contributed by atoms with Gasteiger partial charge in [0.25, 0.3) is 11.8 Å². The molecule has 0 bridgehead atoms. The van der Waals surface area contributed by atoms with Crippen LogP contribution in [0.25, 0.3) is 44.3 Å². The van der Waals surface area contributed by atoms with Gasteiger partial charge < -0.3 is 10.6 Å². The first-order valence-electron chi connectivity index (χ1n) is 15.4. The summed E-state index contributed by atoms with van der Waals surface area (Å²) in [6.07, 6.45) is 0. The molecular formula is C40H28Br2N4O2. The van der Waals surface area contributed by atoms with Crippen LogP contribution in [0.5, 0.6) is 0 Å². The summed E-state index contributed by atoms with van der Waals surface area (Å²) in [5.41, 5.74) is 7.81. The topological polar surface area (TPSA) is 84.0 Å². The maximum Gasteiger partial charge on any atom is 0.252 e. The third-order valence-corrected chi connectivity index (χ3v) is 9.16. The number of benzene rings is 5. The monoisotopic (exact) mass is 754 g/mol. The Morgan fingerprint density at radius 2 is 0.917 bits per heavy atom. The molecule has 0 fully saturated rings. The second-order valence-corrected chi connectivity index (χ2v) is 13.2. The number of para-hydroxylation sites is 2. The molecule has 0 saturated carbocycles. The molecule has 0 aliphatic rings. The highest BCUT2D eigenvalue weighted by Crippen LogP contribution is 2.28. The molecule has 0 radical (unpaired) electrons. The largest absolute Gasteiger partial charge is 0.348 e. The number of amides is 2. The second kappa shape index (κ2) is 13.9. The Balaban J connectivity index is 1.07. The number of hydrogen-bond donors (Lipinski definition) is 2. The summed E-state index contributed by atoms with van der Waals surface area (Å²) < 4.78 is 1.95. The van der Waals surface area contributed by atoms with E-state index in [1.54, 1.807) is 0 Å². The van der Waals surface area contributed by atoms with Crippen molar-refractivity contribution in [3.05, 3.63) is 165 Å². The summed E-state index contributed by atoms with van der Waals surface area (Å²) in [7, 11) is 0. The predicted octanol–water partition coefficient (Wildman–Crippen LogP) is 9.50. The predicted molar refractivity (Wildman–Crippen MR) is 199 cm³/mol. The summed E-state index contributed by atoms with van der Waals surface area (Å²) in [4.78, 5) is 36.8. The van der Waals surface area contributed by atoms with Crippen LogP contribution >= 0.6 is 31.9 Å². The van der Waals surface area contributed by atoms with Crippen LogP contribution in [-0.4, -0.2) is 21.8 Å². The van der Waals surface area contributed by atoms with E-state index in [0.29, 0.717) is 24.2 Å². The Morgan fingerprint density at radius 1 is 0.500 bits per heavy atom. The molecule has 8 heteroatoms. The smallest absolute Gasteiger partial charge is 0.252 e. The molecule has 2 aromatic heterocycles. The number of pyridine rings is 2. The molecule has 0 aliphatic carbocycles. The minimum atomic E-state index is -0.184. The van der Waals surface area contributed by atoms with E-state index < -0.39 is 0 Å². The van der Waals surface area contributed by atoms with E-state index >= 15 is 0 Å². The highest BCUT2D eigenvalue weighted by atomic mass is 79.9. The first-order chi connectivity index (χ1) is 23.4. The second-order valence-electron chi connectivity index (χ2n) is 11.3. The van der Waals surface area contributed by atoms with E-state index in [2.05, 4.69) is 42.5 Å². The lowest BCUT2D eigenvalue weighted by molar-refractivity contribution is 0.0945. The van der Waals surface area contributed by atoms with E-state index in [4.69, 9.17) is 9.97 Å². The van der Waals surface area contributed by atoms with Gasteiger partial charge >= 0.3 is 0 Å². The Labute approximate surface area is 294 Å². The third kappa shape index (κ3) is 6.90. The minimum Gasteiger partial charge on any atom is -0.348 e. The van der Waals surface area contributed by atoms with E-state index in [1.807, 2.05) is 133 Å². The van der Waals surface area contributed by atoms with Gasteiger partial charge in [-0.2, -0.15) is 0 Å². The number of carbonyl (C=O) groups is 2. The molecule has 2 heterocycles. The van der Waals surface area contributed by atoms with Crippen molar-refractivity contribution in [2.75, 3.05) is 0 Å². The molecule has 0 atom stereocenters. The van der Waals surface area contributed by atoms with Gasteiger partial charge in [0.2, 0.25) is 0 Å². The highest BCUT2D eigenvalue weighted by molar-refractivity contribution is 9.10. The summed E-state index contributed by atoms with van der Waals surface area (Å²) in [5, 5.41) is 7.76. The lowest BCUT2D eigenvalue weighted by atomic mass is 10.0. The van der Waals surface area contributed by atoms with Crippen molar-refractivity contribution >= 4 is 65.5 Å². The lowest BCUT2D eigenvalue weighted by Crippen LogP contribution is -2.24. The van der Waals surface area contributed by atoms with Crippen LogP contribution in [-0.2, 0) is 13.1 Å². The molecule has 234 valence electrons. The van der Waals surface area contributed by atoms with Crippen molar-refractivity contribution in [1.82, 2.24) is 20.6 Å². The molecular weight excluding hydrogens is 728 g/mol. The molecule has 2 amide bonds. The number of halogens is 2. The van der Waals surface area contributed by atoms with Gasteiger partial charge in [-0.05, 0) is 59.7 Å². The Morgan fingerprint density at radius 3 is 1.35 bits per heavy atom. The van der Waals surface area contributed by atoms with E-state index in [1.165, 1.54) is 0 Å². The zero-order valence-electron chi connectivity index (χ0n) is 25.6. The fourth-order valence-corrected chi connectivity index (χ4v) is 6.20. The lowest BCUT2D eigenvalue weighted by Gasteiger charge is -2.12. The molecule has 5 aromatic carbocycles. The fourth-order valence-electron chi connectivity index (χ4n) is 5.67. The maximum absolute atomic E-state index is 13.6. The van der Waals surface area contributed by atoms with Crippen LogP contribution in [0.1, 0.15) is 31.8 Å². The van der Waals surface area contributed by atoms with Crippen LogP contribution in [0.4, 0.5) is 0 Å². The Hall–Kier alpha value is -5.18. The summed E-state index contributed by atoms with van der Waals surface area (Å²) in [6.45, 7) is 0.660. The van der Waals surface area contributed by atoms with Crippen molar-refractivity contribution in [2.45, 2.75) is 13.1 Å². The SMILES string of the molecule is O=C(NCc1cccc(CNC(=O)c2cc(-c3ccc(Br)cc3)nc3ccccc23)c1)c1cc(-c2ccc(Br)cc2)nc2ccccc12. The summed E-state index contributed by atoms with van der Waals surface area (Å²) in [5.74, 6) is -0.367. The summed E-state index contributed by atoms with van der Waals surface area (Å²) in [6, 6.07) is 42.6. The number of carbonyl (C=O) groups excluding carboxylic acids is 2. The average Bonchev–Trinajstić information content (AvgIpc) is 3.12. The number of nitrogens with one attached hydrogen (secondary N) is 2. The molecule has 0 saturated heterocycles. The van der Waals surface area contributed by atoms with E-state index in [-0.39, 0.29) is 11.8 Å². The fraction of sp³-hybridized carbons (Fsp3) is 0.0500. The van der Waals surface area contributed by atoms with Crippen molar-refractivity contribution in [3.8, 4) is 22.5 Å². The molecule has 48 heavy (non-hydrogen) atoms. The highest BCUT2D eigenvalue weighted by Gasteiger charge is 2.16. The number of rotatable bonds is 8. The van der Waals surface area contributed by atoms with Crippen molar-refractivity contribution in [3.63, 3.8) is 0 Å². The maximum atomic E-state index is 13.6. The normalized spacial score (nSPS) is 11.0. The Bertz CT molecular complexity index is 2150. The average molecular weight is 756 g/mol. The molecule has 7 rings (SSSR count). The van der Waals surface area contributed by atoms with Crippen LogP contribution < -0.4 is 10.6 Å². The zero-order valence-corrected chi connectivity index (χ0v) is 28.8. The first kappa shape index (κ1) is 31.4. The van der Waals surface area contributed by atoms with Gasteiger partial charge in [-0.1, -0.05) is 117 Å². The standard InChI is InChI=1S/C40H28Br2N4O2/c41-29-16-12-27(13-17-29)37-21-33(31-8-1-3-10-35(31)45-37)39(47)43-23-25-6-5-7-26(20-25)24-44-40(48)34-22-38(28-14-18-30(42)19-15-28)46-36-11-4-2-9-32(34)36/h1-22H,23-24H2,(H,43,47)(H,44,48). The molecule has 0 aliphatic heterocycles. The van der Waals surface area contributed by atoms with Crippen LogP contribution in [0.15, 0.2) is 142 Å². The third-order valence-electron chi connectivity index (χ3n) is 8.10. The number of fused-ring (bicyclic) bond motifs is 2. The van der Waals surface area contributed by atoms with Crippen molar-refractivity contribution in [1.29, 1.82) is 0 Å². The van der Waals surface area contributed by atoms with Crippen LogP contribution in [0.3, 0.4) is 0 Å². The Kier molecular flexibility index (Phi) is 9.09. The van der Waals surface area contributed by atoms with Gasteiger partial charge in [0, 0.05) is 43.9 Å².